The summed E-state index contributed by atoms with van der Waals surface area (Å²) in [5.74, 6) is -103. The topological polar surface area (TPSA) is 100 Å². The van der Waals surface area contributed by atoms with Gasteiger partial charge in [0.2, 0.25) is 40.7 Å². The third kappa shape index (κ3) is 12.0. The normalized spacial score (nSPS) is 14.4. The minimum absolute atomic E-state index is 0.274. The number of nitrogens with one attached hydrogen (secondary N) is 4. The van der Waals surface area contributed by atoms with Crippen molar-refractivity contribution in [2.75, 3.05) is 0 Å². The molecule has 0 radical (unpaired) electrons. The number of aliphatic imine (C=N–C) groups is 3. The van der Waals surface area contributed by atoms with Crippen molar-refractivity contribution in [2.24, 2.45) is 15.0 Å². The van der Waals surface area contributed by atoms with Gasteiger partial charge in [0.15, 0.2) is 163 Å². The predicted octanol–water partition coefficient (Wildman–Crippen LogP) is 18.4. The largest absolute Gasteiger partial charge is 0.354 e. The quantitative estimate of drug-likeness (QED) is 0.0694. The SMILES string of the molecule is Fc1c(F)c(F)c(C2=C3C=CC(=N3)C(c3c(F)c(F)c(F)c(F)c3F)=c3ccc([nH]3)=C(c3c(F)c(F)c(F)c(F)c3F)C3=NC(=C(c4c(F)c(F)c(F)c(F)c4F)c4ccc([nH]4)C(c4c(F)c(F)c(F)c(F)c4F)=c4ccc([nH]4)=C(c4c(F)c(F)c(F)c(F)c4F)c4ccc([nH]4)C(c4c(F)c(F)c(F)c(F)c4F)=C4C=CC2=N4)C=C3)c(F)c1F. The standard InChI is InChI=1S/C77H18F35N7/c78-43-36(44(79)58(93)71(106)57(43)92)29-15-1-2-16(113-15)30(37-45(80)59(94)72(107)60(95)46(37)81)18-5-6-20(115-18)32(39-49(84)63(98)74(109)64(99)50(39)85)22-9-10-24(117-22)34(41-53(88)67(102)76(111)68(103)54(41)89)26-13-14-28(119-26)35(42-55(90)69(104)77(112)70(105)56(42)91)27-12-11-25(118-27)33(40-51(86)65(100)75(110)66(101)52(40)87)23-8-7-21(116-23)31(19-4-3-17(29)114-19)38-47(82)61(96)73(108)62(97)48(38)83/h1-14,113-115,118H. The highest BCUT2D eigenvalue weighted by atomic mass is 19.2. The maximum atomic E-state index is 16.7. The number of rotatable bonds is 7. The van der Waals surface area contributed by atoms with Crippen molar-refractivity contribution in [1.82, 2.24) is 19.9 Å². The van der Waals surface area contributed by atoms with E-state index in [4.69, 9.17) is 0 Å². The Bertz CT molecular complexity index is 6950. The monoisotopic (exact) mass is 1710 g/mol. The van der Waals surface area contributed by atoms with Crippen LogP contribution in [0.25, 0.3) is 39.0 Å². The van der Waals surface area contributed by atoms with E-state index in [-0.39, 0.29) is 30.4 Å². The first-order valence-corrected chi connectivity index (χ1v) is 32.1. The molecule has 4 aliphatic heterocycles. The zero-order chi connectivity index (χ0) is 86.2. The number of aromatic nitrogens is 4. The van der Waals surface area contributed by atoms with E-state index in [1.54, 1.807) is 0 Å². The molecule has 0 saturated carbocycles. The molecule has 0 saturated heterocycles. The number of allylic oxidation sites excluding steroid dienone is 7. The maximum absolute atomic E-state index is 16.7. The number of hydrogen-bond acceptors (Lipinski definition) is 3. The minimum atomic E-state index is -3.01. The lowest BCUT2D eigenvalue weighted by atomic mass is 9.97. The average molecular weight is 1710 g/mol. The Morgan fingerprint density at radius 1 is 0.143 bits per heavy atom. The molecule has 7 nitrogen and oxygen atoms in total. The Balaban J connectivity index is 1.18. The van der Waals surface area contributed by atoms with Gasteiger partial charge in [-0.15, -0.1) is 0 Å². The van der Waals surface area contributed by atoms with E-state index < -0.39 is 360 Å². The number of benzene rings is 7. The number of fused-ring (bicyclic) bond motifs is 11. The van der Waals surface area contributed by atoms with Gasteiger partial charge < -0.3 is 19.9 Å². The molecule has 14 bridgehead atoms. The summed E-state index contributed by atoms with van der Waals surface area (Å²) in [7, 11) is 0. The molecular weight excluding hydrogens is 1690 g/mol. The van der Waals surface area contributed by atoms with Gasteiger partial charge in [0.1, 0.15) is 0 Å². The Hall–Kier alpha value is -13.9. The second-order valence-corrected chi connectivity index (χ2v) is 25.0. The highest BCUT2D eigenvalue weighted by molar-refractivity contribution is 6.35. The Morgan fingerprint density at radius 2 is 0.294 bits per heavy atom. The molecule has 0 fully saturated rings. The van der Waals surface area contributed by atoms with Gasteiger partial charge in [-0.2, -0.15) is 0 Å². The van der Waals surface area contributed by atoms with Crippen LogP contribution in [0.4, 0.5) is 154 Å². The lowest BCUT2D eigenvalue weighted by Crippen LogP contribution is -2.24. The molecule has 0 aliphatic carbocycles. The van der Waals surface area contributed by atoms with Crippen LogP contribution in [0, 0.1) is 204 Å². The fraction of sp³-hybridized carbons (Fsp3) is 0. The van der Waals surface area contributed by atoms with Crippen molar-refractivity contribution in [2.45, 2.75) is 0 Å². The van der Waals surface area contributed by atoms with Crippen LogP contribution in [-0.4, -0.2) is 37.1 Å². The molecule has 11 aromatic rings. The highest BCUT2D eigenvalue weighted by Crippen LogP contribution is 2.45. The van der Waals surface area contributed by atoms with E-state index in [0.29, 0.717) is 54.6 Å². The van der Waals surface area contributed by atoms with Crippen LogP contribution in [0.5, 0.6) is 0 Å². The lowest BCUT2D eigenvalue weighted by Gasteiger charge is -2.15. The van der Waals surface area contributed by atoms with Crippen LogP contribution in [0.1, 0.15) is 61.7 Å². The zero-order valence-corrected chi connectivity index (χ0v) is 56.2. The van der Waals surface area contributed by atoms with E-state index in [0.717, 1.165) is 0 Å². The minimum Gasteiger partial charge on any atom is -0.354 e. The smallest absolute Gasteiger partial charge is 0.200 e. The van der Waals surface area contributed by atoms with Crippen molar-refractivity contribution in [3.63, 3.8) is 0 Å². The molecular formula is C77H18F35N7. The molecule has 4 aromatic heterocycles. The number of halogens is 35. The molecule has 4 aliphatic rings. The highest BCUT2D eigenvalue weighted by Gasteiger charge is 2.41. The van der Waals surface area contributed by atoms with Crippen molar-refractivity contribution in [3.8, 4) is 0 Å². The number of H-pyrrole nitrogens is 4. The van der Waals surface area contributed by atoms with Crippen LogP contribution >= 0.6 is 0 Å². The summed E-state index contributed by atoms with van der Waals surface area (Å²) in [6.07, 6.45) is 1.69. The molecule has 4 N–H and O–H groups in total. The Labute approximate surface area is 631 Å². The summed E-state index contributed by atoms with van der Waals surface area (Å²) >= 11 is 0. The van der Waals surface area contributed by atoms with Gasteiger partial charge in [-0.3, -0.25) is 0 Å². The number of nitrogens with zero attached hydrogens (tertiary/aromatic N) is 3. The first kappa shape index (κ1) is 80.3. The summed E-state index contributed by atoms with van der Waals surface area (Å²) in [5.41, 5.74) is -42.1. The average Bonchev–Trinajstić information content (AvgIpc) is 1.63. The van der Waals surface area contributed by atoms with Crippen molar-refractivity contribution < 1.29 is 154 Å². The fourth-order valence-electron chi connectivity index (χ4n) is 13.3. The molecule has 15 rings (SSSR count). The molecule has 42 heteroatoms. The van der Waals surface area contributed by atoms with Crippen LogP contribution in [0.2, 0.25) is 0 Å². The second kappa shape index (κ2) is 28.8. The molecule has 119 heavy (non-hydrogen) atoms. The van der Waals surface area contributed by atoms with Crippen molar-refractivity contribution >= 4 is 56.1 Å². The molecule has 0 amide bonds. The third-order valence-electron chi connectivity index (χ3n) is 18.6. The van der Waals surface area contributed by atoms with E-state index in [1.165, 1.54) is 0 Å². The molecule has 8 heterocycles. The van der Waals surface area contributed by atoms with Gasteiger partial charge in [-0.25, -0.2) is 169 Å². The van der Waals surface area contributed by atoms with Gasteiger partial charge in [0.25, 0.3) is 0 Å². The van der Waals surface area contributed by atoms with Gasteiger partial charge in [0, 0.05) is 83.2 Å². The summed E-state index contributed by atoms with van der Waals surface area (Å²) < 4.78 is 559. The first-order valence-electron chi connectivity index (χ1n) is 32.1. The molecule has 0 spiro atoms. The second-order valence-electron chi connectivity index (χ2n) is 25.0. The molecule has 0 unspecified atom stereocenters. The lowest BCUT2D eigenvalue weighted by molar-refractivity contribution is 0.376. The first-order chi connectivity index (χ1) is 56.1. The summed E-state index contributed by atoms with van der Waals surface area (Å²) in [4.78, 5) is 19.9. The van der Waals surface area contributed by atoms with Crippen LogP contribution in [0.3, 0.4) is 0 Å². The number of hydrogen-bond donors (Lipinski definition) is 4. The van der Waals surface area contributed by atoms with Crippen molar-refractivity contribution in [3.05, 3.63) is 389 Å². The van der Waals surface area contributed by atoms with Gasteiger partial charge >= 0.3 is 0 Å². The van der Waals surface area contributed by atoms with Crippen LogP contribution < -0.4 is 21.4 Å². The zero-order valence-electron chi connectivity index (χ0n) is 56.2. The van der Waals surface area contributed by atoms with E-state index in [1.807, 2.05) is 4.98 Å². The van der Waals surface area contributed by atoms with Crippen LogP contribution in [-0.2, 0) is 0 Å². The summed E-state index contributed by atoms with van der Waals surface area (Å²) in [6, 6.07) is 2.63. The molecule has 0 atom stereocenters. The van der Waals surface area contributed by atoms with E-state index in [9.17, 15) is 0 Å². The predicted molar refractivity (Wildman–Crippen MR) is 342 cm³/mol. The van der Waals surface area contributed by atoms with E-state index >= 15 is 154 Å². The maximum Gasteiger partial charge on any atom is 0.200 e. The molecule has 7 aromatic carbocycles. The van der Waals surface area contributed by atoms with E-state index in [2.05, 4.69) is 29.9 Å². The summed E-state index contributed by atoms with van der Waals surface area (Å²) in [5, 5.41) is -5.44. The van der Waals surface area contributed by atoms with Crippen LogP contribution in [0.15, 0.2) is 117 Å². The van der Waals surface area contributed by atoms with Crippen molar-refractivity contribution in [1.29, 1.82) is 0 Å². The third-order valence-corrected chi connectivity index (χ3v) is 18.6. The molecule has 606 valence electrons. The Kier molecular flexibility index (Phi) is 19.4. The number of aromatic amines is 4. The van der Waals surface area contributed by atoms with Gasteiger partial charge in [-0.1, -0.05) is 0 Å². The van der Waals surface area contributed by atoms with Gasteiger partial charge in [0.05, 0.1) is 73.2 Å². The Morgan fingerprint density at radius 3 is 0.513 bits per heavy atom. The fourth-order valence-corrected chi connectivity index (χ4v) is 13.3. The van der Waals surface area contributed by atoms with Gasteiger partial charge in [-0.05, 0) is 85.0 Å². The summed E-state index contributed by atoms with van der Waals surface area (Å²) in [6.45, 7) is 0.